The number of rotatable bonds is 4. The van der Waals surface area contributed by atoms with E-state index in [-0.39, 0.29) is 5.91 Å². The van der Waals surface area contributed by atoms with Crippen LogP contribution >= 0.6 is 11.3 Å². The molecule has 1 aromatic carbocycles. The summed E-state index contributed by atoms with van der Waals surface area (Å²) in [6, 6.07) is 12.3. The lowest BCUT2D eigenvalue weighted by Gasteiger charge is -2.10. The molecular weight excluding hydrogens is 258 g/mol. The third-order valence-electron chi connectivity index (χ3n) is 2.64. The van der Waals surface area contributed by atoms with Crippen LogP contribution in [0.5, 0.6) is 0 Å². The van der Waals surface area contributed by atoms with Gasteiger partial charge < -0.3 is 11.1 Å². The molecule has 1 atom stereocenters. The molecule has 4 nitrogen and oxygen atoms in total. The molecule has 0 aliphatic rings. The summed E-state index contributed by atoms with van der Waals surface area (Å²) in [6.07, 6.45) is 0.364. The first-order chi connectivity index (χ1) is 9.20. The van der Waals surface area contributed by atoms with Gasteiger partial charge in [0.15, 0.2) is 0 Å². The first kappa shape index (κ1) is 13.3. The molecule has 2 rings (SSSR count). The number of amides is 1. The molecule has 0 fully saturated rings. The van der Waals surface area contributed by atoms with Crippen molar-refractivity contribution < 1.29 is 4.79 Å². The third kappa shape index (κ3) is 3.41. The fourth-order valence-electron chi connectivity index (χ4n) is 1.61. The van der Waals surface area contributed by atoms with Gasteiger partial charge in [-0.3, -0.25) is 4.79 Å². The van der Waals surface area contributed by atoms with Crippen LogP contribution in [0.1, 0.15) is 16.5 Å². The molecular formula is C14H13N3OS. The molecule has 5 heteroatoms. The van der Waals surface area contributed by atoms with Crippen molar-refractivity contribution in [3.63, 3.8) is 0 Å². The highest BCUT2D eigenvalue weighted by Crippen LogP contribution is 2.19. The highest BCUT2D eigenvalue weighted by Gasteiger charge is 2.16. The first-order valence-corrected chi connectivity index (χ1v) is 6.64. The topological polar surface area (TPSA) is 78.9 Å². The number of nitrogens with zero attached hydrogens (tertiary/aromatic N) is 1. The van der Waals surface area contributed by atoms with Crippen molar-refractivity contribution in [1.82, 2.24) is 0 Å². The van der Waals surface area contributed by atoms with E-state index in [0.717, 1.165) is 10.4 Å². The average molecular weight is 271 g/mol. The quantitative estimate of drug-likeness (QED) is 0.896. The van der Waals surface area contributed by atoms with E-state index in [9.17, 15) is 4.79 Å². The summed E-state index contributed by atoms with van der Waals surface area (Å²) in [5.41, 5.74) is 7.46. The lowest BCUT2D eigenvalue weighted by atomic mass is 10.1. The number of carbonyl (C=O) groups excluding carboxylic acids is 1. The minimum Gasteiger partial charge on any atom is -0.324 e. The van der Waals surface area contributed by atoms with Crippen molar-refractivity contribution in [1.29, 1.82) is 5.26 Å². The Morgan fingerprint density at radius 1 is 1.37 bits per heavy atom. The maximum Gasteiger partial charge on any atom is 0.246 e. The van der Waals surface area contributed by atoms with Crippen LogP contribution in [0.15, 0.2) is 41.8 Å². The summed E-state index contributed by atoms with van der Waals surface area (Å²) in [5, 5.41) is 13.2. The molecule has 0 radical (unpaired) electrons. The monoisotopic (exact) mass is 271 g/mol. The van der Waals surface area contributed by atoms with Gasteiger partial charge in [-0.25, -0.2) is 0 Å². The average Bonchev–Trinajstić information content (AvgIpc) is 2.94. The van der Waals surface area contributed by atoms with Gasteiger partial charge in [0.05, 0.1) is 12.5 Å². The van der Waals surface area contributed by atoms with Gasteiger partial charge in [0.1, 0.15) is 6.04 Å². The zero-order chi connectivity index (χ0) is 13.7. The fourth-order valence-corrected chi connectivity index (χ4v) is 2.34. The van der Waals surface area contributed by atoms with Gasteiger partial charge in [0.2, 0.25) is 5.91 Å². The zero-order valence-corrected chi connectivity index (χ0v) is 11.0. The third-order valence-corrected chi connectivity index (χ3v) is 3.59. The molecule has 1 amide bonds. The molecule has 0 bridgehead atoms. The standard InChI is InChI=1S/C14H13N3OS/c15-8-7-10-3-5-11(6-4-10)17-14(18)13(16)12-2-1-9-19-12/h1-6,9,13H,7,16H2,(H,17,18). The maximum atomic E-state index is 11.9. The minimum atomic E-state index is -0.654. The molecule has 1 heterocycles. The Morgan fingerprint density at radius 3 is 2.68 bits per heavy atom. The SMILES string of the molecule is N#CCc1ccc(NC(=O)C(N)c2cccs2)cc1. The van der Waals surface area contributed by atoms with Crippen molar-refractivity contribution in [3.8, 4) is 6.07 Å². The normalized spacial score (nSPS) is 11.6. The molecule has 0 aliphatic heterocycles. The lowest BCUT2D eigenvalue weighted by molar-refractivity contribution is -0.117. The van der Waals surface area contributed by atoms with Crippen LogP contribution in [-0.4, -0.2) is 5.91 Å². The van der Waals surface area contributed by atoms with E-state index >= 15 is 0 Å². The van der Waals surface area contributed by atoms with E-state index < -0.39 is 6.04 Å². The second kappa shape index (κ2) is 6.14. The second-order valence-electron chi connectivity index (χ2n) is 4.01. The molecule has 1 unspecified atom stereocenters. The number of hydrogen-bond acceptors (Lipinski definition) is 4. The Kier molecular flexibility index (Phi) is 4.29. The van der Waals surface area contributed by atoms with Gasteiger partial charge >= 0.3 is 0 Å². The number of hydrogen-bond donors (Lipinski definition) is 2. The van der Waals surface area contributed by atoms with Crippen LogP contribution in [0, 0.1) is 11.3 Å². The number of nitriles is 1. The summed E-state index contributed by atoms with van der Waals surface area (Å²) in [6.45, 7) is 0. The first-order valence-electron chi connectivity index (χ1n) is 5.76. The van der Waals surface area contributed by atoms with Crippen LogP contribution in [0.2, 0.25) is 0 Å². The van der Waals surface area contributed by atoms with Crippen molar-refractivity contribution in [3.05, 3.63) is 52.2 Å². The second-order valence-corrected chi connectivity index (χ2v) is 4.99. The van der Waals surface area contributed by atoms with E-state index in [4.69, 9.17) is 11.0 Å². The predicted molar refractivity (Wildman–Crippen MR) is 75.6 cm³/mol. The number of carbonyl (C=O) groups is 1. The summed E-state index contributed by atoms with van der Waals surface area (Å²) in [4.78, 5) is 12.8. The summed E-state index contributed by atoms with van der Waals surface area (Å²) in [7, 11) is 0. The van der Waals surface area contributed by atoms with Crippen LogP contribution < -0.4 is 11.1 Å². The zero-order valence-electron chi connectivity index (χ0n) is 10.2. The smallest absolute Gasteiger partial charge is 0.246 e. The van der Waals surface area contributed by atoms with Crippen molar-refractivity contribution in [2.24, 2.45) is 5.73 Å². The lowest BCUT2D eigenvalue weighted by Crippen LogP contribution is -2.26. The van der Waals surface area contributed by atoms with Gasteiger partial charge in [0.25, 0.3) is 0 Å². The molecule has 96 valence electrons. The van der Waals surface area contributed by atoms with Gasteiger partial charge in [-0.15, -0.1) is 11.3 Å². The Bertz CT molecular complexity index is 584. The molecule has 0 spiro atoms. The highest BCUT2D eigenvalue weighted by atomic mass is 32.1. The Balaban J connectivity index is 2.01. The summed E-state index contributed by atoms with van der Waals surface area (Å²) < 4.78 is 0. The van der Waals surface area contributed by atoms with Gasteiger partial charge in [-0.1, -0.05) is 18.2 Å². The molecule has 19 heavy (non-hydrogen) atoms. The number of anilines is 1. The number of nitrogens with two attached hydrogens (primary N) is 1. The molecule has 0 aliphatic carbocycles. The van der Waals surface area contributed by atoms with Crippen LogP contribution in [0.25, 0.3) is 0 Å². The summed E-state index contributed by atoms with van der Waals surface area (Å²) in [5.74, 6) is -0.240. The van der Waals surface area contributed by atoms with Crippen LogP contribution in [0.3, 0.4) is 0 Å². The van der Waals surface area contributed by atoms with Crippen LogP contribution in [0.4, 0.5) is 5.69 Å². The fraction of sp³-hybridized carbons (Fsp3) is 0.143. The summed E-state index contributed by atoms with van der Waals surface area (Å²) >= 11 is 1.46. The molecule has 3 N–H and O–H groups in total. The van der Waals surface area contributed by atoms with Crippen LogP contribution in [-0.2, 0) is 11.2 Å². The Morgan fingerprint density at radius 2 is 2.11 bits per heavy atom. The highest BCUT2D eigenvalue weighted by molar-refractivity contribution is 7.10. The predicted octanol–water partition coefficient (Wildman–Crippen LogP) is 2.45. The van der Waals surface area contributed by atoms with Gasteiger partial charge in [-0.2, -0.15) is 5.26 Å². The molecule has 0 saturated carbocycles. The van der Waals surface area contributed by atoms with E-state index in [2.05, 4.69) is 11.4 Å². The largest absolute Gasteiger partial charge is 0.324 e. The Labute approximate surface area is 115 Å². The van der Waals surface area contributed by atoms with E-state index in [0.29, 0.717) is 12.1 Å². The maximum absolute atomic E-state index is 11.9. The van der Waals surface area contributed by atoms with E-state index in [1.165, 1.54) is 11.3 Å². The number of thiophene rings is 1. The van der Waals surface area contributed by atoms with E-state index in [1.807, 2.05) is 29.6 Å². The minimum absolute atomic E-state index is 0.240. The number of nitrogens with one attached hydrogen (secondary N) is 1. The van der Waals surface area contributed by atoms with Crippen molar-refractivity contribution >= 4 is 22.9 Å². The molecule has 2 aromatic rings. The van der Waals surface area contributed by atoms with Gasteiger partial charge in [-0.05, 0) is 29.1 Å². The number of benzene rings is 1. The van der Waals surface area contributed by atoms with Crippen molar-refractivity contribution in [2.75, 3.05) is 5.32 Å². The molecule has 1 aromatic heterocycles. The molecule has 0 saturated heterocycles. The van der Waals surface area contributed by atoms with E-state index in [1.54, 1.807) is 12.1 Å². The van der Waals surface area contributed by atoms with Crippen molar-refractivity contribution in [2.45, 2.75) is 12.5 Å². The van der Waals surface area contributed by atoms with Gasteiger partial charge in [0, 0.05) is 10.6 Å². The Hall–Kier alpha value is -2.16.